The van der Waals surface area contributed by atoms with E-state index in [1.165, 1.54) is 0 Å². The first-order valence-electron chi connectivity index (χ1n) is 5.92. The number of allylic oxidation sites excluding steroid dienone is 1. The molecule has 98 valence electrons. The molecule has 0 bridgehead atoms. The van der Waals surface area contributed by atoms with Crippen molar-refractivity contribution in [3.8, 4) is 0 Å². The van der Waals surface area contributed by atoms with Crippen LogP contribution in [-0.4, -0.2) is 42.9 Å². The third kappa shape index (κ3) is 7.75. The highest BCUT2D eigenvalue weighted by atomic mass is 16.2. The van der Waals surface area contributed by atoms with Crippen LogP contribution < -0.4 is 0 Å². The number of hydrogen-bond acceptors (Lipinski definition) is 2. The monoisotopic (exact) mass is 238 g/mol. The molecule has 0 rings (SSSR count). The first-order valence-corrected chi connectivity index (χ1v) is 5.92. The van der Waals surface area contributed by atoms with Gasteiger partial charge >= 0.3 is 0 Å². The van der Waals surface area contributed by atoms with Crippen molar-refractivity contribution >= 4 is 5.91 Å². The maximum absolute atomic E-state index is 12.0. The molecule has 0 fully saturated rings. The summed E-state index contributed by atoms with van der Waals surface area (Å²) in [5, 5.41) is 0. The van der Waals surface area contributed by atoms with Crippen molar-refractivity contribution in [1.82, 2.24) is 9.80 Å². The van der Waals surface area contributed by atoms with E-state index in [-0.39, 0.29) is 11.3 Å². The van der Waals surface area contributed by atoms with Crippen LogP contribution in [0.15, 0.2) is 24.4 Å². The molecule has 0 saturated heterocycles. The number of rotatable bonds is 5. The van der Waals surface area contributed by atoms with Crippen LogP contribution >= 0.6 is 0 Å². The number of likely N-dealkylation sites (N-methyl/N-ethyl adjacent to an activating group) is 1. The standard InChI is InChI=1S/C14H26N2O/c1-12(2)16(11-14(3,4)5)13(17)9-8-10-15(6)7/h8-9H,1,10-11H2,2-7H3/b9-8+. The summed E-state index contributed by atoms with van der Waals surface area (Å²) in [4.78, 5) is 15.7. The third-order valence-electron chi connectivity index (χ3n) is 2.09. The van der Waals surface area contributed by atoms with Crippen LogP contribution in [0, 0.1) is 5.41 Å². The van der Waals surface area contributed by atoms with Crippen molar-refractivity contribution in [2.45, 2.75) is 27.7 Å². The molecule has 0 aliphatic rings. The molecule has 3 heteroatoms. The highest BCUT2D eigenvalue weighted by Crippen LogP contribution is 2.18. The van der Waals surface area contributed by atoms with E-state index in [2.05, 4.69) is 27.4 Å². The van der Waals surface area contributed by atoms with Gasteiger partial charge in [-0.2, -0.15) is 0 Å². The van der Waals surface area contributed by atoms with Gasteiger partial charge in [0.25, 0.3) is 0 Å². The highest BCUT2D eigenvalue weighted by molar-refractivity contribution is 5.88. The van der Waals surface area contributed by atoms with Crippen LogP contribution in [0.5, 0.6) is 0 Å². The summed E-state index contributed by atoms with van der Waals surface area (Å²) in [6, 6.07) is 0. The van der Waals surface area contributed by atoms with Gasteiger partial charge in [-0.3, -0.25) is 4.79 Å². The predicted molar refractivity (Wildman–Crippen MR) is 73.7 cm³/mol. The molecule has 0 radical (unpaired) electrons. The Morgan fingerprint density at radius 1 is 1.29 bits per heavy atom. The smallest absolute Gasteiger partial charge is 0.250 e. The van der Waals surface area contributed by atoms with E-state index in [0.29, 0.717) is 6.54 Å². The highest BCUT2D eigenvalue weighted by Gasteiger charge is 2.19. The zero-order valence-electron chi connectivity index (χ0n) is 12.1. The largest absolute Gasteiger partial charge is 0.313 e. The fourth-order valence-corrected chi connectivity index (χ4v) is 1.33. The predicted octanol–water partition coefficient (Wildman–Crippen LogP) is 2.51. The molecule has 0 aromatic carbocycles. The van der Waals surface area contributed by atoms with Gasteiger partial charge in [-0.15, -0.1) is 0 Å². The minimum Gasteiger partial charge on any atom is -0.313 e. The zero-order chi connectivity index (χ0) is 13.6. The van der Waals surface area contributed by atoms with Gasteiger partial charge in [-0.25, -0.2) is 0 Å². The van der Waals surface area contributed by atoms with Crippen molar-refractivity contribution < 1.29 is 4.79 Å². The van der Waals surface area contributed by atoms with Crippen molar-refractivity contribution in [3.63, 3.8) is 0 Å². The second-order valence-corrected chi connectivity index (χ2v) is 5.88. The normalized spacial score (nSPS) is 12.2. The fraction of sp³-hybridized carbons (Fsp3) is 0.643. The Labute approximate surface area is 106 Å². The summed E-state index contributed by atoms with van der Waals surface area (Å²) in [6.45, 7) is 13.5. The van der Waals surface area contributed by atoms with Crippen molar-refractivity contribution in [3.05, 3.63) is 24.4 Å². The van der Waals surface area contributed by atoms with Gasteiger partial charge in [0, 0.05) is 24.9 Å². The van der Waals surface area contributed by atoms with E-state index in [1.807, 2.05) is 32.0 Å². The lowest BCUT2D eigenvalue weighted by Gasteiger charge is -2.29. The summed E-state index contributed by atoms with van der Waals surface area (Å²) in [5.41, 5.74) is 0.865. The molecule has 0 atom stereocenters. The van der Waals surface area contributed by atoms with E-state index in [1.54, 1.807) is 11.0 Å². The summed E-state index contributed by atoms with van der Waals surface area (Å²) in [6.07, 6.45) is 3.50. The van der Waals surface area contributed by atoms with Gasteiger partial charge in [0.2, 0.25) is 5.91 Å². The van der Waals surface area contributed by atoms with Gasteiger partial charge in [0.15, 0.2) is 0 Å². The molecule has 0 N–H and O–H groups in total. The second-order valence-electron chi connectivity index (χ2n) is 5.88. The van der Waals surface area contributed by atoms with E-state index in [0.717, 1.165) is 12.2 Å². The first-order chi connectivity index (χ1) is 7.63. The SMILES string of the molecule is C=C(C)N(CC(C)(C)C)C(=O)/C=C/CN(C)C. The van der Waals surface area contributed by atoms with Gasteiger partial charge in [-0.05, 0) is 26.4 Å². The number of carbonyl (C=O) groups excluding carboxylic acids is 1. The van der Waals surface area contributed by atoms with Gasteiger partial charge < -0.3 is 9.80 Å². The van der Waals surface area contributed by atoms with E-state index in [9.17, 15) is 4.79 Å². The number of hydrogen-bond donors (Lipinski definition) is 0. The average molecular weight is 238 g/mol. The van der Waals surface area contributed by atoms with Gasteiger partial charge in [0.05, 0.1) is 0 Å². The van der Waals surface area contributed by atoms with Crippen LogP contribution in [-0.2, 0) is 4.79 Å². The van der Waals surface area contributed by atoms with Crippen molar-refractivity contribution in [2.24, 2.45) is 5.41 Å². The maximum Gasteiger partial charge on any atom is 0.250 e. The van der Waals surface area contributed by atoms with E-state index < -0.39 is 0 Å². The number of amides is 1. The lowest BCUT2D eigenvalue weighted by Crippen LogP contribution is -2.35. The molecule has 17 heavy (non-hydrogen) atoms. The molecule has 0 spiro atoms. The Morgan fingerprint density at radius 2 is 1.82 bits per heavy atom. The van der Waals surface area contributed by atoms with Crippen LogP contribution in [0.3, 0.4) is 0 Å². The minimum atomic E-state index is 0.00859. The van der Waals surface area contributed by atoms with Crippen molar-refractivity contribution in [2.75, 3.05) is 27.2 Å². The van der Waals surface area contributed by atoms with Crippen LogP contribution in [0.4, 0.5) is 0 Å². The summed E-state index contributed by atoms with van der Waals surface area (Å²) >= 11 is 0. The third-order valence-corrected chi connectivity index (χ3v) is 2.09. The lowest BCUT2D eigenvalue weighted by atomic mass is 9.96. The Morgan fingerprint density at radius 3 is 2.18 bits per heavy atom. The molecule has 0 aromatic heterocycles. The molecular weight excluding hydrogens is 212 g/mol. The fourth-order valence-electron chi connectivity index (χ4n) is 1.33. The molecule has 0 saturated carbocycles. The van der Waals surface area contributed by atoms with Crippen LogP contribution in [0.1, 0.15) is 27.7 Å². The minimum absolute atomic E-state index is 0.00859. The Bertz CT molecular complexity index is 298. The summed E-state index contributed by atoms with van der Waals surface area (Å²) in [5.74, 6) is 0.00859. The molecule has 0 unspecified atom stereocenters. The Balaban J connectivity index is 4.57. The number of carbonyl (C=O) groups is 1. The van der Waals surface area contributed by atoms with E-state index in [4.69, 9.17) is 0 Å². The van der Waals surface area contributed by atoms with Crippen LogP contribution in [0.2, 0.25) is 0 Å². The molecular formula is C14H26N2O. The van der Waals surface area contributed by atoms with Gasteiger partial charge in [-0.1, -0.05) is 33.4 Å². The van der Waals surface area contributed by atoms with Crippen LogP contribution in [0.25, 0.3) is 0 Å². The first kappa shape index (κ1) is 15.9. The molecule has 0 heterocycles. The lowest BCUT2D eigenvalue weighted by molar-refractivity contribution is -0.125. The Kier molecular flexibility index (Phi) is 6.18. The van der Waals surface area contributed by atoms with Gasteiger partial charge in [0.1, 0.15) is 0 Å². The number of nitrogens with zero attached hydrogens (tertiary/aromatic N) is 2. The summed E-state index contributed by atoms with van der Waals surface area (Å²) < 4.78 is 0. The van der Waals surface area contributed by atoms with Crippen molar-refractivity contribution in [1.29, 1.82) is 0 Å². The van der Waals surface area contributed by atoms with E-state index >= 15 is 0 Å². The molecule has 0 aliphatic heterocycles. The summed E-state index contributed by atoms with van der Waals surface area (Å²) in [7, 11) is 3.95. The molecule has 0 aromatic rings. The quantitative estimate of drug-likeness (QED) is 0.687. The average Bonchev–Trinajstić information content (AvgIpc) is 2.11. The second kappa shape index (κ2) is 6.60. The molecule has 3 nitrogen and oxygen atoms in total. The maximum atomic E-state index is 12.0. The topological polar surface area (TPSA) is 23.6 Å². The Hall–Kier alpha value is -1.09. The zero-order valence-corrected chi connectivity index (χ0v) is 12.1. The molecule has 0 aliphatic carbocycles. The molecule has 1 amide bonds.